The van der Waals surface area contributed by atoms with Crippen molar-refractivity contribution in [3.8, 4) is 0 Å². The summed E-state index contributed by atoms with van der Waals surface area (Å²) in [5.74, 6) is -0.530. The van der Waals surface area contributed by atoms with Crippen LogP contribution in [0.25, 0.3) is 0 Å². The van der Waals surface area contributed by atoms with Gasteiger partial charge in [0.1, 0.15) is 18.4 Å². The third kappa shape index (κ3) is 4.44. The summed E-state index contributed by atoms with van der Waals surface area (Å²) in [5, 5.41) is 2.84. The zero-order valence-corrected chi connectivity index (χ0v) is 17.3. The minimum atomic E-state index is -0.514. The van der Waals surface area contributed by atoms with Crippen LogP contribution in [0.1, 0.15) is 44.5 Å². The Morgan fingerprint density at radius 3 is 2.66 bits per heavy atom. The first-order valence-corrected chi connectivity index (χ1v) is 10.2. The maximum Gasteiger partial charge on any atom is 0.318 e. The molecule has 156 valence electrons. The molecule has 1 aliphatic heterocycles. The minimum Gasteiger partial charge on any atom is -0.348 e. The van der Waals surface area contributed by atoms with E-state index in [0.29, 0.717) is 25.2 Å². The van der Waals surface area contributed by atoms with E-state index in [0.717, 1.165) is 12.1 Å². The number of carbonyl (C=O) groups excluding carboxylic acids is 2. The van der Waals surface area contributed by atoms with Gasteiger partial charge in [0.05, 0.1) is 0 Å². The lowest BCUT2D eigenvalue weighted by molar-refractivity contribution is -0.134. The topological polar surface area (TPSA) is 57.6 Å². The van der Waals surface area contributed by atoms with Crippen LogP contribution in [0.15, 0.2) is 42.6 Å². The Morgan fingerprint density at radius 1 is 1.21 bits per heavy atom. The summed E-state index contributed by atoms with van der Waals surface area (Å²) in [6, 6.07) is 9.50. The van der Waals surface area contributed by atoms with Gasteiger partial charge < -0.3 is 19.7 Å². The van der Waals surface area contributed by atoms with Crippen molar-refractivity contribution in [2.75, 3.05) is 19.6 Å². The van der Waals surface area contributed by atoms with Gasteiger partial charge in [-0.05, 0) is 38.5 Å². The Bertz CT molecular complexity index is 864. The van der Waals surface area contributed by atoms with E-state index in [1.165, 1.54) is 11.0 Å². The third-order valence-electron chi connectivity index (χ3n) is 5.27. The van der Waals surface area contributed by atoms with Crippen LogP contribution >= 0.6 is 0 Å². The van der Waals surface area contributed by atoms with E-state index in [9.17, 15) is 14.0 Å². The van der Waals surface area contributed by atoms with Gasteiger partial charge in [-0.25, -0.2) is 9.18 Å². The first kappa shape index (κ1) is 20.9. The van der Waals surface area contributed by atoms with Crippen molar-refractivity contribution in [2.45, 2.75) is 45.8 Å². The predicted octanol–water partition coefficient (Wildman–Crippen LogP) is 3.39. The first-order chi connectivity index (χ1) is 13.9. The summed E-state index contributed by atoms with van der Waals surface area (Å²) in [6.45, 7) is 7.37. The third-order valence-corrected chi connectivity index (χ3v) is 5.27. The molecule has 0 radical (unpaired) electrons. The number of fused-ring (bicyclic) bond motifs is 1. The fourth-order valence-corrected chi connectivity index (χ4v) is 3.74. The summed E-state index contributed by atoms with van der Waals surface area (Å²) in [4.78, 5) is 29.0. The lowest BCUT2D eigenvalue weighted by Crippen LogP contribution is -2.52. The van der Waals surface area contributed by atoms with Crippen molar-refractivity contribution in [3.63, 3.8) is 0 Å². The smallest absolute Gasteiger partial charge is 0.318 e. The number of urea groups is 1. The highest BCUT2D eigenvalue weighted by Crippen LogP contribution is 2.33. The molecule has 29 heavy (non-hydrogen) atoms. The van der Waals surface area contributed by atoms with Crippen molar-refractivity contribution in [1.82, 2.24) is 19.7 Å². The molecule has 0 bridgehead atoms. The van der Waals surface area contributed by atoms with Crippen LogP contribution in [0.3, 0.4) is 0 Å². The molecule has 1 aromatic heterocycles. The molecule has 1 N–H and O–H groups in total. The van der Waals surface area contributed by atoms with E-state index in [1.54, 1.807) is 23.1 Å². The molecule has 3 rings (SSSR count). The number of benzene rings is 1. The fourth-order valence-electron chi connectivity index (χ4n) is 3.74. The number of aromatic nitrogens is 1. The summed E-state index contributed by atoms with van der Waals surface area (Å²) >= 11 is 0. The number of nitrogens with one attached hydrogen (secondary N) is 1. The summed E-state index contributed by atoms with van der Waals surface area (Å²) in [6.07, 6.45) is 2.77. The molecule has 6 nitrogen and oxygen atoms in total. The van der Waals surface area contributed by atoms with E-state index in [2.05, 4.69) is 9.88 Å². The van der Waals surface area contributed by atoms with Crippen LogP contribution in [0.4, 0.5) is 9.18 Å². The van der Waals surface area contributed by atoms with Crippen LogP contribution < -0.4 is 5.32 Å². The van der Waals surface area contributed by atoms with E-state index in [-0.39, 0.29) is 30.3 Å². The average Bonchev–Trinajstić information content (AvgIpc) is 3.18. The van der Waals surface area contributed by atoms with Gasteiger partial charge in [0.2, 0.25) is 5.91 Å². The highest BCUT2D eigenvalue weighted by molar-refractivity contribution is 5.85. The van der Waals surface area contributed by atoms with Crippen LogP contribution in [-0.2, 0) is 11.3 Å². The van der Waals surface area contributed by atoms with Gasteiger partial charge in [0.25, 0.3) is 0 Å². The first-order valence-electron chi connectivity index (χ1n) is 10.2. The largest absolute Gasteiger partial charge is 0.348 e. The molecule has 0 saturated heterocycles. The lowest BCUT2D eigenvalue weighted by Gasteiger charge is -2.39. The van der Waals surface area contributed by atoms with Crippen molar-refractivity contribution in [3.05, 3.63) is 59.7 Å². The second-order valence-electron chi connectivity index (χ2n) is 7.59. The molecule has 1 aliphatic rings. The van der Waals surface area contributed by atoms with Crippen molar-refractivity contribution in [2.24, 2.45) is 0 Å². The number of hydrogen-bond donors (Lipinski definition) is 1. The molecule has 1 aromatic carbocycles. The zero-order chi connectivity index (χ0) is 21.0. The van der Waals surface area contributed by atoms with Gasteiger partial charge in [-0.1, -0.05) is 25.1 Å². The second kappa shape index (κ2) is 9.11. The maximum absolute atomic E-state index is 14.6. The molecule has 7 heteroatoms. The van der Waals surface area contributed by atoms with E-state index >= 15 is 0 Å². The number of hydrogen-bond acceptors (Lipinski definition) is 2. The average molecular weight is 400 g/mol. The SMILES string of the molecule is CCCNC(=O)N(CC(=O)N1CCn2cccc2C1c1ccccc1F)C(C)C. The molecule has 0 spiro atoms. The monoisotopic (exact) mass is 400 g/mol. The molecule has 1 atom stereocenters. The molecule has 3 amide bonds. The summed E-state index contributed by atoms with van der Waals surface area (Å²) in [7, 11) is 0. The Labute approximate surface area is 171 Å². The fraction of sp³-hybridized carbons (Fsp3) is 0.455. The molecule has 1 unspecified atom stereocenters. The molecule has 0 aliphatic carbocycles. The van der Waals surface area contributed by atoms with Gasteiger partial charge in [0.15, 0.2) is 0 Å². The van der Waals surface area contributed by atoms with Crippen LogP contribution in [0, 0.1) is 5.82 Å². The van der Waals surface area contributed by atoms with Gasteiger partial charge >= 0.3 is 6.03 Å². The number of nitrogens with zero attached hydrogens (tertiary/aromatic N) is 3. The maximum atomic E-state index is 14.6. The molecule has 0 saturated carbocycles. The van der Waals surface area contributed by atoms with Crippen molar-refractivity contribution >= 4 is 11.9 Å². The number of carbonyl (C=O) groups is 2. The van der Waals surface area contributed by atoms with Crippen LogP contribution in [0.5, 0.6) is 0 Å². The normalized spacial score (nSPS) is 15.9. The van der Waals surface area contributed by atoms with E-state index < -0.39 is 6.04 Å². The number of amides is 3. The van der Waals surface area contributed by atoms with Crippen molar-refractivity contribution < 1.29 is 14.0 Å². The predicted molar refractivity (Wildman–Crippen MR) is 110 cm³/mol. The molecular weight excluding hydrogens is 371 g/mol. The van der Waals surface area contributed by atoms with Crippen LogP contribution in [0.2, 0.25) is 0 Å². The van der Waals surface area contributed by atoms with Gasteiger partial charge in [-0.2, -0.15) is 0 Å². The highest BCUT2D eigenvalue weighted by atomic mass is 19.1. The van der Waals surface area contributed by atoms with Crippen molar-refractivity contribution in [1.29, 1.82) is 0 Å². The van der Waals surface area contributed by atoms with E-state index in [4.69, 9.17) is 0 Å². The summed E-state index contributed by atoms with van der Waals surface area (Å²) < 4.78 is 16.7. The van der Waals surface area contributed by atoms with Gasteiger partial charge in [-0.3, -0.25) is 4.79 Å². The Kier molecular flexibility index (Phi) is 6.56. The standard InChI is InChI=1S/C22H29FN4O2/c1-4-11-24-22(29)27(16(2)3)15-20(28)26-14-13-25-12-7-10-19(25)21(26)17-8-5-6-9-18(17)23/h5-10,12,16,21H,4,11,13-15H2,1-3H3,(H,24,29). The van der Waals surface area contributed by atoms with Gasteiger partial charge in [-0.15, -0.1) is 0 Å². The number of halogens is 1. The Morgan fingerprint density at radius 2 is 1.97 bits per heavy atom. The summed E-state index contributed by atoms with van der Waals surface area (Å²) in [5.41, 5.74) is 1.34. The Hall–Kier alpha value is -2.83. The molecule has 2 heterocycles. The quantitative estimate of drug-likeness (QED) is 0.808. The number of rotatable bonds is 6. The van der Waals surface area contributed by atoms with Gasteiger partial charge in [0, 0.05) is 43.1 Å². The highest BCUT2D eigenvalue weighted by Gasteiger charge is 2.35. The zero-order valence-electron chi connectivity index (χ0n) is 17.3. The van der Waals surface area contributed by atoms with E-state index in [1.807, 2.05) is 39.1 Å². The Balaban J connectivity index is 1.88. The second-order valence-corrected chi connectivity index (χ2v) is 7.59. The molecule has 2 aromatic rings. The van der Waals surface area contributed by atoms with Crippen LogP contribution in [-0.4, -0.2) is 52.0 Å². The minimum absolute atomic E-state index is 0.0428. The lowest BCUT2D eigenvalue weighted by atomic mass is 9.99. The molecule has 0 fully saturated rings. The molecular formula is C22H29FN4O2.